The minimum atomic E-state index is -0.0328. The summed E-state index contributed by atoms with van der Waals surface area (Å²) in [5, 5.41) is 13.4. The standard InChI is InChI=1S/C22H22N4O/c1-16-11-17(2)26(24-16)15-20-5-4-6-21(12-20)22(27)25(3)14-19-9-7-18(13-23)8-10-19/h4-12H,14-15H2,1-3H3. The van der Waals surface area contributed by atoms with Gasteiger partial charge in [-0.2, -0.15) is 10.4 Å². The van der Waals surface area contributed by atoms with Crippen molar-refractivity contribution in [2.24, 2.45) is 0 Å². The molecule has 5 nitrogen and oxygen atoms in total. The van der Waals surface area contributed by atoms with Crippen molar-refractivity contribution >= 4 is 5.91 Å². The highest BCUT2D eigenvalue weighted by Gasteiger charge is 2.13. The molecule has 2 aromatic carbocycles. The smallest absolute Gasteiger partial charge is 0.253 e. The van der Waals surface area contributed by atoms with Crippen LogP contribution >= 0.6 is 0 Å². The molecule has 0 aliphatic rings. The van der Waals surface area contributed by atoms with Gasteiger partial charge in [0.05, 0.1) is 23.9 Å². The molecule has 0 radical (unpaired) electrons. The van der Waals surface area contributed by atoms with Crippen molar-refractivity contribution < 1.29 is 4.79 Å². The number of rotatable bonds is 5. The summed E-state index contributed by atoms with van der Waals surface area (Å²) in [5.74, 6) is -0.0328. The van der Waals surface area contributed by atoms with Gasteiger partial charge < -0.3 is 4.90 Å². The van der Waals surface area contributed by atoms with Crippen molar-refractivity contribution in [2.45, 2.75) is 26.9 Å². The second kappa shape index (κ2) is 7.88. The molecular formula is C22H22N4O. The van der Waals surface area contributed by atoms with Crippen molar-refractivity contribution in [3.8, 4) is 6.07 Å². The summed E-state index contributed by atoms with van der Waals surface area (Å²) in [6.07, 6.45) is 0. The Morgan fingerprint density at radius 1 is 1.11 bits per heavy atom. The number of hydrogen-bond donors (Lipinski definition) is 0. The SMILES string of the molecule is Cc1cc(C)n(Cc2cccc(C(=O)N(C)Cc3ccc(C#N)cc3)c2)n1. The molecule has 0 saturated heterocycles. The van der Waals surface area contributed by atoms with Crippen LogP contribution in [0.15, 0.2) is 54.6 Å². The minimum absolute atomic E-state index is 0.0328. The Hall–Kier alpha value is -3.39. The number of nitriles is 1. The van der Waals surface area contributed by atoms with Crippen molar-refractivity contribution in [2.75, 3.05) is 7.05 Å². The molecule has 0 bridgehead atoms. The fourth-order valence-electron chi connectivity index (χ4n) is 3.06. The molecule has 27 heavy (non-hydrogen) atoms. The van der Waals surface area contributed by atoms with E-state index >= 15 is 0 Å². The number of carbonyl (C=O) groups excluding carboxylic acids is 1. The Morgan fingerprint density at radius 2 is 1.85 bits per heavy atom. The summed E-state index contributed by atoms with van der Waals surface area (Å²) >= 11 is 0. The summed E-state index contributed by atoms with van der Waals surface area (Å²) in [5.41, 5.74) is 5.39. The molecule has 0 fully saturated rings. The topological polar surface area (TPSA) is 61.9 Å². The van der Waals surface area contributed by atoms with E-state index in [9.17, 15) is 4.79 Å². The van der Waals surface area contributed by atoms with Crippen LogP contribution in [-0.4, -0.2) is 27.6 Å². The molecule has 3 rings (SSSR count). The monoisotopic (exact) mass is 358 g/mol. The van der Waals surface area contributed by atoms with Crippen molar-refractivity contribution in [3.63, 3.8) is 0 Å². The molecule has 0 unspecified atom stereocenters. The summed E-state index contributed by atoms with van der Waals surface area (Å²) in [6.45, 7) is 5.13. The van der Waals surface area contributed by atoms with E-state index in [0.717, 1.165) is 22.5 Å². The van der Waals surface area contributed by atoms with Crippen molar-refractivity contribution in [1.82, 2.24) is 14.7 Å². The Kier molecular flexibility index (Phi) is 5.37. The molecule has 136 valence electrons. The molecule has 0 atom stereocenters. The van der Waals surface area contributed by atoms with Gasteiger partial charge in [-0.3, -0.25) is 9.48 Å². The highest BCUT2D eigenvalue weighted by molar-refractivity contribution is 5.94. The molecule has 1 aromatic heterocycles. The van der Waals surface area contributed by atoms with E-state index in [-0.39, 0.29) is 5.91 Å². The van der Waals surface area contributed by atoms with Crippen LogP contribution in [0, 0.1) is 25.2 Å². The van der Waals surface area contributed by atoms with Crippen LogP contribution in [0.25, 0.3) is 0 Å². The quantitative estimate of drug-likeness (QED) is 0.699. The lowest BCUT2D eigenvalue weighted by molar-refractivity contribution is 0.0785. The number of amides is 1. The predicted octanol–water partition coefficient (Wildman–Crippen LogP) is 3.69. The van der Waals surface area contributed by atoms with Crippen molar-refractivity contribution in [3.05, 3.63) is 88.2 Å². The second-order valence-electron chi connectivity index (χ2n) is 6.76. The molecule has 0 aliphatic heterocycles. The van der Waals surface area contributed by atoms with Crippen LogP contribution in [0.1, 0.15) is 38.4 Å². The van der Waals surface area contributed by atoms with Gasteiger partial charge in [-0.1, -0.05) is 24.3 Å². The average Bonchev–Trinajstić information content (AvgIpc) is 2.98. The first-order valence-electron chi connectivity index (χ1n) is 8.81. The number of nitrogens with zero attached hydrogens (tertiary/aromatic N) is 4. The number of benzene rings is 2. The highest BCUT2D eigenvalue weighted by atomic mass is 16.2. The molecule has 3 aromatic rings. The minimum Gasteiger partial charge on any atom is -0.337 e. The van der Waals surface area contributed by atoms with E-state index in [4.69, 9.17) is 5.26 Å². The fourth-order valence-corrected chi connectivity index (χ4v) is 3.06. The van der Waals surface area contributed by atoms with Crippen LogP contribution < -0.4 is 0 Å². The zero-order valence-electron chi connectivity index (χ0n) is 15.8. The summed E-state index contributed by atoms with van der Waals surface area (Å²) < 4.78 is 1.94. The first kappa shape index (κ1) is 18.4. The number of aromatic nitrogens is 2. The number of hydrogen-bond acceptors (Lipinski definition) is 3. The van der Waals surface area contributed by atoms with Gasteiger partial charge in [0.1, 0.15) is 0 Å². The first-order valence-corrected chi connectivity index (χ1v) is 8.81. The molecule has 5 heteroatoms. The van der Waals surface area contributed by atoms with Gasteiger partial charge in [0, 0.05) is 24.8 Å². The molecular weight excluding hydrogens is 336 g/mol. The number of carbonyl (C=O) groups is 1. The summed E-state index contributed by atoms with van der Waals surface area (Å²) in [6, 6.07) is 19.1. The fraction of sp³-hybridized carbons (Fsp3) is 0.227. The van der Waals surface area contributed by atoms with Crippen LogP contribution in [-0.2, 0) is 13.1 Å². The van der Waals surface area contributed by atoms with Gasteiger partial charge in [0.15, 0.2) is 0 Å². The second-order valence-corrected chi connectivity index (χ2v) is 6.76. The zero-order valence-corrected chi connectivity index (χ0v) is 15.8. The van der Waals surface area contributed by atoms with Gasteiger partial charge in [-0.15, -0.1) is 0 Å². The lowest BCUT2D eigenvalue weighted by atomic mass is 10.1. The maximum absolute atomic E-state index is 12.8. The van der Waals surface area contributed by atoms with Gasteiger partial charge in [-0.25, -0.2) is 0 Å². The maximum Gasteiger partial charge on any atom is 0.253 e. The van der Waals surface area contributed by atoms with Gasteiger partial charge in [0.2, 0.25) is 0 Å². The first-order chi connectivity index (χ1) is 13.0. The summed E-state index contributed by atoms with van der Waals surface area (Å²) in [4.78, 5) is 14.5. The van der Waals surface area contributed by atoms with E-state index in [1.807, 2.05) is 61.0 Å². The van der Waals surface area contributed by atoms with E-state index < -0.39 is 0 Å². The summed E-state index contributed by atoms with van der Waals surface area (Å²) in [7, 11) is 1.79. The van der Waals surface area contributed by atoms with Gasteiger partial charge in [-0.05, 0) is 55.3 Å². The van der Waals surface area contributed by atoms with E-state index in [0.29, 0.717) is 24.2 Å². The van der Waals surface area contributed by atoms with Crippen molar-refractivity contribution in [1.29, 1.82) is 5.26 Å². The van der Waals surface area contributed by atoms with E-state index in [2.05, 4.69) is 11.2 Å². The van der Waals surface area contributed by atoms with E-state index in [1.54, 1.807) is 24.1 Å². The molecule has 1 amide bonds. The van der Waals surface area contributed by atoms with Crippen LogP contribution in [0.3, 0.4) is 0 Å². The number of aryl methyl sites for hydroxylation is 2. The highest BCUT2D eigenvalue weighted by Crippen LogP contribution is 2.13. The molecule has 0 saturated carbocycles. The van der Waals surface area contributed by atoms with Crippen LogP contribution in [0.2, 0.25) is 0 Å². The normalized spacial score (nSPS) is 10.4. The third-order valence-corrected chi connectivity index (χ3v) is 4.46. The molecule has 1 heterocycles. The lowest BCUT2D eigenvalue weighted by Crippen LogP contribution is -2.26. The Balaban J connectivity index is 1.72. The molecule has 0 spiro atoms. The lowest BCUT2D eigenvalue weighted by Gasteiger charge is -2.18. The van der Waals surface area contributed by atoms with Gasteiger partial charge in [0.25, 0.3) is 5.91 Å². The molecule has 0 aliphatic carbocycles. The van der Waals surface area contributed by atoms with Crippen LogP contribution in [0.4, 0.5) is 0 Å². The van der Waals surface area contributed by atoms with E-state index in [1.165, 1.54) is 0 Å². The average molecular weight is 358 g/mol. The zero-order chi connectivity index (χ0) is 19.4. The Bertz CT molecular complexity index is 996. The third kappa shape index (κ3) is 4.42. The third-order valence-electron chi connectivity index (χ3n) is 4.46. The Labute approximate surface area is 159 Å². The van der Waals surface area contributed by atoms with Gasteiger partial charge >= 0.3 is 0 Å². The predicted molar refractivity (Wildman–Crippen MR) is 104 cm³/mol. The molecule has 0 N–H and O–H groups in total. The largest absolute Gasteiger partial charge is 0.337 e. The maximum atomic E-state index is 12.8. The Morgan fingerprint density at radius 3 is 2.48 bits per heavy atom. The van der Waals surface area contributed by atoms with Crippen LogP contribution in [0.5, 0.6) is 0 Å².